The van der Waals surface area contributed by atoms with Gasteiger partial charge in [-0.3, -0.25) is 4.79 Å². The molecular formula is C13H16O3S2. The first-order valence-electron chi connectivity index (χ1n) is 5.60. The Hall–Kier alpha value is -1.07. The van der Waals surface area contributed by atoms with Crippen LogP contribution in [0, 0.1) is 0 Å². The fraction of sp³-hybridized carbons (Fsp3) is 0.385. The lowest BCUT2D eigenvalue weighted by atomic mass is 10.2. The number of methoxy groups -OCH3 is 1. The lowest BCUT2D eigenvalue weighted by Crippen LogP contribution is -2.09. The van der Waals surface area contributed by atoms with E-state index in [2.05, 4.69) is 0 Å². The standard InChI is InChI=1S/C13H16O3S2/c1-3-16-12(14)9-18-13(17)8-10-4-6-11(15-2)7-5-10/h4-7H,3,8-9H2,1-2H3. The molecule has 0 aliphatic heterocycles. The summed E-state index contributed by atoms with van der Waals surface area (Å²) in [5.74, 6) is 0.881. The van der Waals surface area contributed by atoms with Crippen molar-refractivity contribution < 1.29 is 14.3 Å². The van der Waals surface area contributed by atoms with Crippen LogP contribution in [0.15, 0.2) is 24.3 Å². The summed E-state index contributed by atoms with van der Waals surface area (Å²) in [6.45, 7) is 2.20. The summed E-state index contributed by atoms with van der Waals surface area (Å²) in [5, 5.41) is 0. The van der Waals surface area contributed by atoms with Gasteiger partial charge in [-0.2, -0.15) is 0 Å². The molecule has 5 heteroatoms. The van der Waals surface area contributed by atoms with E-state index >= 15 is 0 Å². The zero-order chi connectivity index (χ0) is 13.4. The van der Waals surface area contributed by atoms with Gasteiger partial charge in [0.1, 0.15) is 5.75 Å². The topological polar surface area (TPSA) is 35.5 Å². The van der Waals surface area contributed by atoms with Crippen LogP contribution < -0.4 is 4.74 Å². The second-order valence-corrected chi connectivity index (χ2v) is 5.31. The summed E-state index contributed by atoms with van der Waals surface area (Å²) < 4.78 is 10.7. The number of hydrogen-bond acceptors (Lipinski definition) is 5. The van der Waals surface area contributed by atoms with Crippen LogP contribution in [0.5, 0.6) is 5.75 Å². The first-order chi connectivity index (χ1) is 8.65. The third kappa shape index (κ3) is 5.51. The highest BCUT2D eigenvalue weighted by molar-refractivity contribution is 8.23. The van der Waals surface area contributed by atoms with Crippen LogP contribution in [-0.2, 0) is 16.0 Å². The molecule has 1 rings (SSSR count). The van der Waals surface area contributed by atoms with Crippen LogP contribution in [0.1, 0.15) is 12.5 Å². The third-order valence-electron chi connectivity index (χ3n) is 2.16. The van der Waals surface area contributed by atoms with Crippen molar-refractivity contribution in [2.45, 2.75) is 13.3 Å². The molecule has 98 valence electrons. The van der Waals surface area contributed by atoms with E-state index in [-0.39, 0.29) is 11.7 Å². The SMILES string of the molecule is CCOC(=O)CSC(=S)Cc1ccc(OC)cc1. The summed E-state index contributed by atoms with van der Waals surface area (Å²) in [7, 11) is 1.63. The van der Waals surface area contributed by atoms with Gasteiger partial charge >= 0.3 is 5.97 Å². The Morgan fingerprint density at radius 2 is 2.00 bits per heavy atom. The normalized spacial score (nSPS) is 9.89. The summed E-state index contributed by atoms with van der Waals surface area (Å²) in [6, 6.07) is 7.73. The van der Waals surface area contributed by atoms with Crippen molar-refractivity contribution in [1.82, 2.24) is 0 Å². The highest BCUT2D eigenvalue weighted by atomic mass is 32.2. The van der Waals surface area contributed by atoms with Gasteiger partial charge in [-0.25, -0.2) is 0 Å². The number of thiocarbonyl (C=S) groups is 1. The molecule has 1 aromatic carbocycles. The smallest absolute Gasteiger partial charge is 0.316 e. The first-order valence-corrected chi connectivity index (χ1v) is 6.99. The minimum absolute atomic E-state index is 0.223. The molecule has 0 aliphatic carbocycles. The number of ether oxygens (including phenoxy) is 2. The molecule has 0 radical (unpaired) electrons. The second-order valence-electron chi connectivity index (χ2n) is 3.49. The van der Waals surface area contributed by atoms with Gasteiger partial charge in [-0.1, -0.05) is 24.4 Å². The molecule has 0 N–H and O–H groups in total. The average molecular weight is 284 g/mol. The van der Waals surface area contributed by atoms with E-state index in [1.807, 2.05) is 24.3 Å². The number of esters is 1. The van der Waals surface area contributed by atoms with Gasteiger partial charge in [-0.15, -0.1) is 11.8 Å². The quantitative estimate of drug-likeness (QED) is 0.593. The van der Waals surface area contributed by atoms with E-state index in [0.29, 0.717) is 13.0 Å². The number of rotatable bonds is 6. The Morgan fingerprint density at radius 1 is 1.33 bits per heavy atom. The van der Waals surface area contributed by atoms with Crippen molar-refractivity contribution in [2.75, 3.05) is 19.5 Å². The molecule has 0 amide bonds. The molecule has 3 nitrogen and oxygen atoms in total. The Morgan fingerprint density at radius 3 is 2.56 bits per heavy atom. The second kappa shape index (κ2) is 8.11. The first kappa shape index (κ1) is 15.0. The Kier molecular flexibility index (Phi) is 6.75. The molecule has 0 aliphatic rings. The molecule has 0 aromatic heterocycles. The maximum absolute atomic E-state index is 11.2. The largest absolute Gasteiger partial charge is 0.497 e. The number of carbonyl (C=O) groups excluding carboxylic acids is 1. The average Bonchev–Trinajstić information content (AvgIpc) is 2.38. The number of benzene rings is 1. The van der Waals surface area contributed by atoms with Crippen LogP contribution in [-0.4, -0.2) is 29.6 Å². The Labute approximate surface area is 117 Å². The molecule has 0 bridgehead atoms. The molecule has 18 heavy (non-hydrogen) atoms. The lowest BCUT2D eigenvalue weighted by Gasteiger charge is -2.05. The lowest BCUT2D eigenvalue weighted by molar-refractivity contribution is -0.139. The highest BCUT2D eigenvalue weighted by Gasteiger charge is 2.06. The molecule has 0 saturated heterocycles. The summed E-state index contributed by atoms with van der Waals surface area (Å²) >= 11 is 6.58. The van der Waals surface area contributed by atoms with E-state index < -0.39 is 0 Å². The molecule has 0 spiro atoms. The number of carbonyl (C=O) groups is 1. The molecular weight excluding hydrogens is 268 g/mol. The van der Waals surface area contributed by atoms with Gasteiger partial charge in [0, 0.05) is 6.42 Å². The van der Waals surface area contributed by atoms with Gasteiger partial charge in [0.25, 0.3) is 0 Å². The van der Waals surface area contributed by atoms with Crippen LogP contribution in [0.25, 0.3) is 0 Å². The van der Waals surface area contributed by atoms with E-state index in [4.69, 9.17) is 21.7 Å². The highest BCUT2D eigenvalue weighted by Crippen LogP contribution is 2.15. The Bertz CT molecular complexity index is 401. The van der Waals surface area contributed by atoms with Crippen LogP contribution >= 0.6 is 24.0 Å². The van der Waals surface area contributed by atoms with Crippen LogP contribution in [0.3, 0.4) is 0 Å². The zero-order valence-electron chi connectivity index (χ0n) is 10.5. The van der Waals surface area contributed by atoms with Gasteiger partial charge in [0.2, 0.25) is 0 Å². The van der Waals surface area contributed by atoms with Crippen molar-refractivity contribution in [2.24, 2.45) is 0 Å². The summed E-state index contributed by atoms with van der Waals surface area (Å²) in [4.78, 5) is 11.2. The van der Waals surface area contributed by atoms with Crippen molar-refractivity contribution in [1.29, 1.82) is 0 Å². The molecule has 0 heterocycles. The molecule has 0 unspecified atom stereocenters. The fourth-order valence-corrected chi connectivity index (χ4v) is 2.28. The minimum Gasteiger partial charge on any atom is -0.497 e. The van der Waals surface area contributed by atoms with E-state index in [1.165, 1.54) is 11.8 Å². The van der Waals surface area contributed by atoms with Crippen molar-refractivity contribution in [3.05, 3.63) is 29.8 Å². The maximum Gasteiger partial charge on any atom is 0.316 e. The van der Waals surface area contributed by atoms with Gasteiger partial charge in [-0.05, 0) is 24.6 Å². The van der Waals surface area contributed by atoms with Gasteiger partial charge < -0.3 is 9.47 Å². The van der Waals surface area contributed by atoms with Crippen LogP contribution in [0.2, 0.25) is 0 Å². The Balaban J connectivity index is 2.37. The molecule has 0 saturated carbocycles. The summed E-state index contributed by atoms with van der Waals surface area (Å²) in [6.07, 6.45) is 0.670. The zero-order valence-corrected chi connectivity index (χ0v) is 12.1. The maximum atomic E-state index is 11.2. The van der Waals surface area contributed by atoms with Crippen molar-refractivity contribution >= 4 is 34.1 Å². The predicted octanol–water partition coefficient (Wildman–Crippen LogP) is 2.86. The molecule has 0 atom stereocenters. The predicted molar refractivity (Wildman–Crippen MR) is 78.4 cm³/mol. The van der Waals surface area contributed by atoms with Gasteiger partial charge in [0.05, 0.1) is 23.7 Å². The third-order valence-corrected chi connectivity index (χ3v) is 3.51. The number of thioether (sulfide) groups is 1. The molecule has 0 fully saturated rings. The van der Waals surface area contributed by atoms with E-state index in [0.717, 1.165) is 15.5 Å². The van der Waals surface area contributed by atoms with Crippen LogP contribution in [0.4, 0.5) is 0 Å². The molecule has 1 aromatic rings. The number of hydrogen-bond donors (Lipinski definition) is 0. The van der Waals surface area contributed by atoms with E-state index in [9.17, 15) is 4.79 Å². The minimum atomic E-state index is -0.223. The fourth-order valence-electron chi connectivity index (χ4n) is 1.30. The van der Waals surface area contributed by atoms with Crippen molar-refractivity contribution in [3.8, 4) is 5.75 Å². The van der Waals surface area contributed by atoms with Crippen molar-refractivity contribution in [3.63, 3.8) is 0 Å². The van der Waals surface area contributed by atoms with Gasteiger partial charge in [0.15, 0.2) is 0 Å². The van der Waals surface area contributed by atoms with E-state index in [1.54, 1.807) is 14.0 Å². The monoisotopic (exact) mass is 284 g/mol. The summed E-state index contributed by atoms with van der Waals surface area (Å²) in [5.41, 5.74) is 1.11.